The molecule has 0 spiro atoms. The first-order valence-corrected chi connectivity index (χ1v) is 11.0. The van der Waals surface area contributed by atoms with Crippen molar-refractivity contribution in [1.82, 2.24) is 0 Å². The summed E-state index contributed by atoms with van der Waals surface area (Å²) in [5.74, 6) is -0.247. The Morgan fingerprint density at radius 3 is 2.70 bits per heavy atom. The predicted molar refractivity (Wildman–Crippen MR) is 129 cm³/mol. The van der Waals surface area contributed by atoms with Crippen molar-refractivity contribution < 1.29 is 19.1 Å². The summed E-state index contributed by atoms with van der Waals surface area (Å²) in [7, 11) is 2.01. The molecule has 1 aromatic heterocycles. The van der Waals surface area contributed by atoms with E-state index in [4.69, 9.17) is 14.9 Å². The Kier molecular flexibility index (Phi) is 5.30. The molecule has 3 N–H and O–H groups in total. The lowest BCUT2D eigenvalue weighted by Crippen LogP contribution is -2.32. The van der Waals surface area contributed by atoms with Gasteiger partial charge >= 0.3 is 5.97 Å². The number of benzene rings is 3. The Balaban J connectivity index is 1.62. The number of fused-ring (bicyclic) bond motifs is 2. The van der Waals surface area contributed by atoms with Crippen molar-refractivity contribution in [3.63, 3.8) is 0 Å². The maximum Gasteiger partial charge on any atom is 0.307 e. The summed E-state index contributed by atoms with van der Waals surface area (Å²) in [4.78, 5) is 13.5. The van der Waals surface area contributed by atoms with Gasteiger partial charge in [0.15, 0.2) is 0 Å². The molecule has 5 rings (SSSR count). The van der Waals surface area contributed by atoms with E-state index in [1.165, 1.54) is 0 Å². The van der Waals surface area contributed by atoms with E-state index in [2.05, 4.69) is 30.0 Å². The average molecular weight is 443 g/mol. The molecule has 1 atom stereocenters. The third kappa shape index (κ3) is 3.72. The van der Waals surface area contributed by atoms with Gasteiger partial charge in [-0.3, -0.25) is 4.79 Å². The minimum Gasteiger partial charge on any atom is -0.481 e. The van der Waals surface area contributed by atoms with Crippen molar-refractivity contribution in [2.75, 3.05) is 18.5 Å². The van der Waals surface area contributed by atoms with E-state index in [0.29, 0.717) is 24.4 Å². The zero-order valence-corrected chi connectivity index (χ0v) is 18.7. The second-order valence-corrected chi connectivity index (χ2v) is 8.52. The van der Waals surface area contributed by atoms with E-state index in [1.54, 1.807) is 6.26 Å². The number of hydrogen-bond donors (Lipinski definition) is 2. The number of furan rings is 1. The monoisotopic (exact) mass is 442 g/mol. The van der Waals surface area contributed by atoms with Crippen molar-refractivity contribution in [3.05, 3.63) is 83.1 Å². The summed E-state index contributed by atoms with van der Waals surface area (Å²) in [6, 6.07) is 18.0. The molecule has 4 aromatic rings. The Bertz CT molecular complexity index is 1360. The smallest absolute Gasteiger partial charge is 0.307 e. The lowest BCUT2D eigenvalue weighted by atomic mass is 9.92. The van der Waals surface area contributed by atoms with Gasteiger partial charge in [-0.25, -0.2) is 0 Å². The molecule has 168 valence electrons. The fourth-order valence-electron chi connectivity index (χ4n) is 4.70. The maximum absolute atomic E-state index is 11.4. The third-order valence-electron chi connectivity index (χ3n) is 6.43. The molecule has 3 aromatic carbocycles. The molecule has 1 aliphatic heterocycles. The Morgan fingerprint density at radius 1 is 1.12 bits per heavy atom. The van der Waals surface area contributed by atoms with E-state index in [0.717, 1.165) is 44.5 Å². The van der Waals surface area contributed by atoms with Crippen molar-refractivity contribution in [3.8, 4) is 16.9 Å². The van der Waals surface area contributed by atoms with Gasteiger partial charge in [-0.2, -0.15) is 0 Å². The van der Waals surface area contributed by atoms with Crippen LogP contribution in [-0.4, -0.2) is 24.7 Å². The Morgan fingerprint density at radius 2 is 1.91 bits per heavy atom. The Hall–Kier alpha value is -3.77. The van der Waals surface area contributed by atoms with E-state index >= 15 is 0 Å². The number of rotatable bonds is 5. The molecule has 1 aliphatic rings. The fraction of sp³-hybridized carbons (Fsp3) is 0.222. The molecule has 0 aliphatic carbocycles. The zero-order chi connectivity index (χ0) is 23.1. The summed E-state index contributed by atoms with van der Waals surface area (Å²) in [6.45, 7) is 3.20. The number of nitrogens with two attached hydrogens (primary N) is 1. The number of aliphatic carboxylic acids is 1. The van der Waals surface area contributed by atoms with Crippen molar-refractivity contribution in [1.29, 1.82) is 0 Å². The second-order valence-electron chi connectivity index (χ2n) is 8.52. The van der Waals surface area contributed by atoms with E-state index < -0.39 is 5.97 Å². The average Bonchev–Trinajstić information content (AvgIpc) is 3.28. The highest BCUT2D eigenvalue weighted by molar-refractivity contribution is 5.94. The molecule has 0 bridgehead atoms. The minimum absolute atomic E-state index is 0.0825. The number of ether oxygens (including phenoxy) is 1. The second kappa shape index (κ2) is 8.30. The molecule has 0 amide bonds. The van der Waals surface area contributed by atoms with Crippen LogP contribution in [0, 0.1) is 6.92 Å². The molecule has 0 saturated heterocycles. The molecular weight excluding hydrogens is 416 g/mol. The van der Waals surface area contributed by atoms with Crippen molar-refractivity contribution in [2.24, 2.45) is 5.73 Å². The van der Waals surface area contributed by atoms with Crippen LogP contribution < -0.4 is 15.4 Å². The highest BCUT2D eigenvalue weighted by Gasteiger charge is 2.28. The molecule has 0 saturated carbocycles. The SMILES string of the molecule is Cc1c(CN)cccc1-c1cc([C@@H]2CN(C)c3cccc(CC(=O)O)c3O2)cc2ccoc12. The summed E-state index contributed by atoms with van der Waals surface area (Å²) in [5, 5.41) is 10.4. The van der Waals surface area contributed by atoms with Crippen LogP contribution in [0.1, 0.15) is 28.4 Å². The van der Waals surface area contributed by atoms with Crippen LogP contribution in [0.25, 0.3) is 22.1 Å². The number of hydrogen-bond acceptors (Lipinski definition) is 5. The lowest BCUT2D eigenvalue weighted by Gasteiger charge is -2.35. The number of nitrogens with zero attached hydrogens (tertiary/aromatic N) is 1. The van der Waals surface area contributed by atoms with Crippen LogP contribution in [0.4, 0.5) is 5.69 Å². The summed E-state index contributed by atoms with van der Waals surface area (Å²) in [6.07, 6.45) is 1.36. The molecule has 2 heterocycles. The van der Waals surface area contributed by atoms with Gasteiger partial charge in [0.2, 0.25) is 0 Å². The van der Waals surface area contributed by atoms with E-state index in [9.17, 15) is 9.90 Å². The first-order chi connectivity index (χ1) is 16.0. The largest absolute Gasteiger partial charge is 0.481 e. The number of carboxylic acid groups (broad SMARTS) is 1. The number of likely N-dealkylation sites (N-methyl/N-ethyl adjacent to an activating group) is 1. The standard InChI is InChI=1S/C27H26N2O4/c1-16-19(14-28)6-3-7-21(16)22-12-20(11-18-9-10-32-26(18)22)24-15-29(2)23-8-4-5-17(13-25(30)31)27(23)33-24/h3-12,24H,13-15,28H2,1-2H3,(H,30,31)/t24-/m0/s1. The number of carboxylic acids is 1. The fourth-order valence-corrected chi connectivity index (χ4v) is 4.70. The summed E-state index contributed by atoms with van der Waals surface area (Å²) >= 11 is 0. The molecule has 0 unspecified atom stereocenters. The van der Waals surface area contributed by atoms with Gasteiger partial charge < -0.3 is 24.9 Å². The van der Waals surface area contributed by atoms with Gasteiger partial charge in [0, 0.05) is 30.1 Å². The molecule has 0 fully saturated rings. The first-order valence-electron chi connectivity index (χ1n) is 11.0. The molecule has 6 nitrogen and oxygen atoms in total. The highest BCUT2D eigenvalue weighted by Crippen LogP contribution is 2.42. The van der Waals surface area contributed by atoms with E-state index in [1.807, 2.05) is 43.4 Å². The van der Waals surface area contributed by atoms with Crippen LogP contribution in [0.5, 0.6) is 5.75 Å². The lowest BCUT2D eigenvalue weighted by molar-refractivity contribution is -0.136. The number of para-hydroxylation sites is 1. The van der Waals surface area contributed by atoms with Gasteiger partial charge in [0.1, 0.15) is 17.4 Å². The van der Waals surface area contributed by atoms with Gasteiger partial charge in [-0.15, -0.1) is 0 Å². The number of carbonyl (C=O) groups is 1. The topological polar surface area (TPSA) is 88.9 Å². The minimum atomic E-state index is -0.880. The molecule has 0 radical (unpaired) electrons. The highest BCUT2D eigenvalue weighted by atomic mass is 16.5. The van der Waals surface area contributed by atoms with Crippen LogP contribution >= 0.6 is 0 Å². The van der Waals surface area contributed by atoms with Gasteiger partial charge in [-0.05, 0) is 53.4 Å². The van der Waals surface area contributed by atoms with Gasteiger partial charge in [0.25, 0.3) is 0 Å². The van der Waals surface area contributed by atoms with Crippen LogP contribution in [0.2, 0.25) is 0 Å². The van der Waals surface area contributed by atoms with E-state index in [-0.39, 0.29) is 12.5 Å². The van der Waals surface area contributed by atoms with Crippen molar-refractivity contribution >= 4 is 22.6 Å². The Labute approximate surface area is 192 Å². The molecule has 33 heavy (non-hydrogen) atoms. The van der Waals surface area contributed by atoms with Crippen LogP contribution in [-0.2, 0) is 17.8 Å². The third-order valence-corrected chi connectivity index (χ3v) is 6.43. The summed E-state index contributed by atoms with van der Waals surface area (Å²) in [5.41, 5.74) is 13.7. The van der Waals surface area contributed by atoms with Crippen LogP contribution in [0.15, 0.2) is 65.3 Å². The van der Waals surface area contributed by atoms with Crippen LogP contribution in [0.3, 0.4) is 0 Å². The first kappa shape index (κ1) is 21.1. The zero-order valence-electron chi connectivity index (χ0n) is 18.7. The summed E-state index contributed by atoms with van der Waals surface area (Å²) < 4.78 is 12.3. The predicted octanol–water partition coefficient (Wildman–Crippen LogP) is 5.06. The normalized spacial score (nSPS) is 15.4. The molecule has 6 heteroatoms. The number of anilines is 1. The molecular formula is C27H26N2O4. The maximum atomic E-state index is 11.4. The van der Waals surface area contributed by atoms with Crippen molar-refractivity contribution in [2.45, 2.75) is 26.0 Å². The quantitative estimate of drug-likeness (QED) is 0.449. The van der Waals surface area contributed by atoms with Gasteiger partial charge in [-0.1, -0.05) is 30.3 Å². The van der Waals surface area contributed by atoms with Gasteiger partial charge in [0.05, 0.1) is 24.9 Å².